The minimum absolute atomic E-state index is 0.0173. The molecule has 1 saturated heterocycles. The summed E-state index contributed by atoms with van der Waals surface area (Å²) >= 11 is 1.45. The van der Waals surface area contributed by atoms with Crippen molar-refractivity contribution in [3.8, 4) is 0 Å². The van der Waals surface area contributed by atoms with E-state index in [1.807, 2.05) is 20.8 Å². The first-order valence-electron chi connectivity index (χ1n) is 9.24. The van der Waals surface area contributed by atoms with E-state index in [9.17, 15) is 9.59 Å². The van der Waals surface area contributed by atoms with Crippen LogP contribution in [-0.4, -0.2) is 39.3 Å². The lowest BCUT2D eigenvalue weighted by molar-refractivity contribution is -0.123. The standard InChI is InChI=1S/C19H24N4O2S/c1-9-4-5-13(16(20)24)8-23(9)19(25)15-10(2)14-11(3)21-17(12-6-7-12)22-18(14)26-15/h9,12-13H,4-8H2,1-3H3,(H2,20,24)/t9-,13+/m0/s1. The van der Waals surface area contributed by atoms with Crippen molar-refractivity contribution in [3.63, 3.8) is 0 Å². The molecule has 138 valence electrons. The summed E-state index contributed by atoms with van der Waals surface area (Å²) in [4.78, 5) is 37.7. The molecule has 0 spiro atoms. The quantitative estimate of drug-likeness (QED) is 0.897. The van der Waals surface area contributed by atoms with E-state index in [2.05, 4.69) is 4.98 Å². The van der Waals surface area contributed by atoms with E-state index in [0.29, 0.717) is 17.3 Å². The minimum Gasteiger partial charge on any atom is -0.369 e. The molecule has 4 rings (SSSR count). The maximum atomic E-state index is 13.2. The summed E-state index contributed by atoms with van der Waals surface area (Å²) in [5.41, 5.74) is 7.38. The number of rotatable bonds is 3. The summed E-state index contributed by atoms with van der Waals surface area (Å²) < 4.78 is 0. The zero-order valence-corrected chi connectivity index (χ0v) is 16.2. The molecule has 2 aromatic rings. The number of amides is 2. The molecule has 2 atom stereocenters. The fourth-order valence-electron chi connectivity index (χ4n) is 3.84. The van der Waals surface area contributed by atoms with Gasteiger partial charge in [0, 0.05) is 23.9 Å². The highest BCUT2D eigenvalue weighted by Crippen LogP contribution is 2.40. The van der Waals surface area contributed by atoms with Crippen LogP contribution >= 0.6 is 11.3 Å². The van der Waals surface area contributed by atoms with Gasteiger partial charge in [-0.3, -0.25) is 9.59 Å². The molecule has 7 heteroatoms. The van der Waals surface area contributed by atoms with Crippen LogP contribution in [0.4, 0.5) is 0 Å². The van der Waals surface area contributed by atoms with Gasteiger partial charge in [0.25, 0.3) is 5.91 Å². The highest BCUT2D eigenvalue weighted by atomic mass is 32.1. The van der Waals surface area contributed by atoms with Gasteiger partial charge in [-0.1, -0.05) is 0 Å². The molecule has 2 amide bonds. The first-order chi connectivity index (χ1) is 12.4. The summed E-state index contributed by atoms with van der Waals surface area (Å²) in [6.45, 7) is 6.41. The van der Waals surface area contributed by atoms with Gasteiger partial charge in [0.2, 0.25) is 5.91 Å². The average Bonchev–Trinajstić information content (AvgIpc) is 3.38. The Kier molecular flexibility index (Phi) is 4.22. The van der Waals surface area contributed by atoms with Crippen molar-refractivity contribution in [2.45, 2.75) is 58.4 Å². The molecule has 3 heterocycles. The van der Waals surface area contributed by atoms with Crippen LogP contribution in [0, 0.1) is 19.8 Å². The third kappa shape index (κ3) is 2.88. The number of aromatic nitrogens is 2. The van der Waals surface area contributed by atoms with Gasteiger partial charge in [0.1, 0.15) is 10.7 Å². The van der Waals surface area contributed by atoms with Crippen molar-refractivity contribution in [3.05, 3.63) is 22.0 Å². The first-order valence-corrected chi connectivity index (χ1v) is 10.1. The van der Waals surface area contributed by atoms with Crippen LogP contribution in [0.15, 0.2) is 0 Å². The Morgan fingerprint density at radius 3 is 2.54 bits per heavy atom. The predicted octanol–water partition coefficient (Wildman–Crippen LogP) is 2.91. The molecule has 2 N–H and O–H groups in total. The zero-order valence-electron chi connectivity index (χ0n) is 15.4. The first kappa shape index (κ1) is 17.4. The predicted molar refractivity (Wildman–Crippen MR) is 101 cm³/mol. The average molecular weight is 372 g/mol. The van der Waals surface area contributed by atoms with Gasteiger partial charge in [-0.05, 0) is 52.0 Å². The Labute approximate surface area is 156 Å². The number of nitrogens with zero attached hydrogens (tertiary/aromatic N) is 3. The minimum atomic E-state index is -0.321. The van der Waals surface area contributed by atoms with E-state index in [1.54, 1.807) is 4.90 Å². The molecule has 6 nitrogen and oxygen atoms in total. The lowest BCUT2D eigenvalue weighted by atomic mass is 9.92. The lowest BCUT2D eigenvalue weighted by Crippen LogP contribution is -2.48. The Bertz CT molecular complexity index is 903. The van der Waals surface area contributed by atoms with E-state index >= 15 is 0 Å². The topological polar surface area (TPSA) is 89.2 Å². The number of likely N-dealkylation sites (tertiary alicyclic amines) is 1. The molecule has 2 aliphatic rings. The van der Waals surface area contributed by atoms with Crippen LogP contribution in [-0.2, 0) is 4.79 Å². The fourth-order valence-corrected chi connectivity index (χ4v) is 5.04. The summed E-state index contributed by atoms with van der Waals surface area (Å²) in [6.07, 6.45) is 3.86. The highest BCUT2D eigenvalue weighted by Gasteiger charge is 2.34. The van der Waals surface area contributed by atoms with Crippen molar-refractivity contribution in [1.29, 1.82) is 0 Å². The number of thiophene rings is 1. The molecular formula is C19H24N4O2S. The molecule has 1 aliphatic heterocycles. The number of piperidine rings is 1. The molecule has 1 aliphatic carbocycles. The van der Waals surface area contributed by atoms with Gasteiger partial charge >= 0.3 is 0 Å². The number of carbonyl (C=O) groups is 2. The Morgan fingerprint density at radius 1 is 1.15 bits per heavy atom. The van der Waals surface area contributed by atoms with E-state index in [0.717, 1.165) is 53.0 Å². The molecule has 2 fully saturated rings. The molecule has 26 heavy (non-hydrogen) atoms. The molecule has 0 radical (unpaired) electrons. The molecular weight excluding hydrogens is 348 g/mol. The highest BCUT2D eigenvalue weighted by molar-refractivity contribution is 7.20. The van der Waals surface area contributed by atoms with Gasteiger partial charge in [-0.25, -0.2) is 9.97 Å². The number of carbonyl (C=O) groups excluding carboxylic acids is 2. The van der Waals surface area contributed by atoms with Crippen molar-refractivity contribution in [2.24, 2.45) is 11.7 Å². The SMILES string of the molecule is Cc1nc(C2CC2)nc2sc(C(=O)N3C[C@H](C(N)=O)CC[C@@H]3C)c(C)c12. The van der Waals surface area contributed by atoms with Crippen molar-refractivity contribution >= 4 is 33.4 Å². The third-order valence-electron chi connectivity index (χ3n) is 5.67. The van der Waals surface area contributed by atoms with Crippen LogP contribution in [0.5, 0.6) is 0 Å². The molecule has 2 aromatic heterocycles. The number of hydrogen-bond donors (Lipinski definition) is 1. The number of nitrogens with two attached hydrogens (primary N) is 1. The largest absolute Gasteiger partial charge is 0.369 e. The number of hydrogen-bond acceptors (Lipinski definition) is 5. The van der Waals surface area contributed by atoms with E-state index in [4.69, 9.17) is 10.7 Å². The second kappa shape index (κ2) is 6.30. The van der Waals surface area contributed by atoms with E-state index in [1.165, 1.54) is 11.3 Å². The summed E-state index contributed by atoms with van der Waals surface area (Å²) in [5.74, 6) is 0.802. The molecule has 0 aromatic carbocycles. The lowest BCUT2D eigenvalue weighted by Gasteiger charge is -2.36. The Hall–Kier alpha value is -2.02. The number of fused-ring (bicyclic) bond motifs is 1. The number of primary amides is 1. The van der Waals surface area contributed by atoms with Crippen LogP contribution < -0.4 is 5.73 Å². The van der Waals surface area contributed by atoms with Crippen LogP contribution in [0.25, 0.3) is 10.2 Å². The summed E-state index contributed by atoms with van der Waals surface area (Å²) in [6, 6.07) is 0.108. The van der Waals surface area contributed by atoms with Gasteiger partial charge in [0.05, 0.1) is 16.5 Å². The van der Waals surface area contributed by atoms with Crippen LogP contribution in [0.2, 0.25) is 0 Å². The Balaban J connectivity index is 1.71. The maximum Gasteiger partial charge on any atom is 0.264 e. The summed E-state index contributed by atoms with van der Waals surface area (Å²) in [5, 5.41) is 0.999. The van der Waals surface area contributed by atoms with Gasteiger partial charge in [-0.2, -0.15) is 0 Å². The normalized spacial score (nSPS) is 23.4. The second-order valence-corrected chi connectivity index (χ2v) is 8.66. The van der Waals surface area contributed by atoms with Gasteiger partial charge < -0.3 is 10.6 Å². The fraction of sp³-hybridized carbons (Fsp3) is 0.579. The van der Waals surface area contributed by atoms with Crippen molar-refractivity contribution in [2.75, 3.05) is 6.54 Å². The molecule has 1 saturated carbocycles. The maximum absolute atomic E-state index is 13.2. The van der Waals surface area contributed by atoms with E-state index in [-0.39, 0.29) is 23.8 Å². The smallest absolute Gasteiger partial charge is 0.264 e. The zero-order chi connectivity index (χ0) is 18.6. The molecule has 0 bridgehead atoms. The monoisotopic (exact) mass is 372 g/mol. The van der Waals surface area contributed by atoms with Crippen molar-refractivity contribution < 1.29 is 9.59 Å². The number of aryl methyl sites for hydroxylation is 2. The van der Waals surface area contributed by atoms with Gasteiger partial charge in [0.15, 0.2) is 0 Å². The van der Waals surface area contributed by atoms with Crippen LogP contribution in [0.1, 0.15) is 65.3 Å². The van der Waals surface area contributed by atoms with Crippen molar-refractivity contribution in [1.82, 2.24) is 14.9 Å². The second-order valence-electron chi connectivity index (χ2n) is 7.66. The van der Waals surface area contributed by atoms with E-state index < -0.39 is 0 Å². The third-order valence-corrected chi connectivity index (χ3v) is 6.84. The molecule has 0 unspecified atom stereocenters. The Morgan fingerprint density at radius 2 is 1.88 bits per heavy atom. The van der Waals surface area contributed by atoms with Crippen LogP contribution in [0.3, 0.4) is 0 Å². The van der Waals surface area contributed by atoms with Gasteiger partial charge in [-0.15, -0.1) is 11.3 Å². The summed E-state index contributed by atoms with van der Waals surface area (Å²) in [7, 11) is 0.